The van der Waals surface area contributed by atoms with E-state index in [2.05, 4.69) is 11.8 Å². The van der Waals surface area contributed by atoms with Gasteiger partial charge in [0.15, 0.2) is 0 Å². The normalized spacial score (nSPS) is 10.2. The van der Waals surface area contributed by atoms with Crippen LogP contribution in [0.5, 0.6) is 0 Å². The predicted octanol–water partition coefficient (Wildman–Crippen LogP) is 5.51. The van der Waals surface area contributed by atoms with E-state index in [1.165, 1.54) is 0 Å². The van der Waals surface area contributed by atoms with Gasteiger partial charge in [-0.1, -0.05) is 31.8 Å². The molecular formula is C19H14F3NS. The summed E-state index contributed by atoms with van der Waals surface area (Å²) in [5.74, 6) is 3.39. The summed E-state index contributed by atoms with van der Waals surface area (Å²) in [5, 5.41) is 10.2. The van der Waals surface area contributed by atoms with Gasteiger partial charge in [-0.3, -0.25) is 0 Å². The minimum atomic E-state index is -0.843. The van der Waals surface area contributed by atoms with Crippen LogP contribution in [0.25, 0.3) is 0 Å². The summed E-state index contributed by atoms with van der Waals surface area (Å²) >= 11 is 0.419. The number of thioether (sulfide) groups is 1. The van der Waals surface area contributed by atoms with Crippen LogP contribution in [0.3, 0.4) is 0 Å². The van der Waals surface area contributed by atoms with Gasteiger partial charge in [-0.15, -0.1) is 0 Å². The molecule has 0 amide bonds. The van der Waals surface area contributed by atoms with E-state index in [1.54, 1.807) is 24.5 Å². The van der Waals surface area contributed by atoms with Crippen molar-refractivity contribution in [3.8, 4) is 17.2 Å². The molecule has 0 N–H and O–H groups in total. The zero-order valence-electron chi connectivity index (χ0n) is 13.4. The zero-order valence-corrected chi connectivity index (χ0v) is 14.2. The summed E-state index contributed by atoms with van der Waals surface area (Å²) < 4.78 is 41.9. The SMILES string of the molecule is Cc1ccc(C#Cc2cc(F)c(SC#N)c(F)c2)c(C(C)C)c1F. The van der Waals surface area contributed by atoms with Gasteiger partial charge in [0.1, 0.15) is 22.9 Å². The summed E-state index contributed by atoms with van der Waals surface area (Å²) in [6.45, 7) is 5.39. The van der Waals surface area contributed by atoms with Crippen LogP contribution in [0, 0.1) is 46.9 Å². The summed E-state index contributed by atoms with van der Waals surface area (Å²) in [6, 6.07) is 5.46. The lowest BCUT2D eigenvalue weighted by Gasteiger charge is -2.11. The molecule has 2 aromatic carbocycles. The Hall–Kier alpha value is -2.37. The van der Waals surface area contributed by atoms with Crippen LogP contribution in [0.4, 0.5) is 13.2 Å². The maximum absolute atomic E-state index is 14.3. The minimum Gasteiger partial charge on any atom is -0.206 e. The van der Waals surface area contributed by atoms with Gasteiger partial charge in [-0.05, 0) is 48.4 Å². The van der Waals surface area contributed by atoms with Gasteiger partial charge >= 0.3 is 0 Å². The topological polar surface area (TPSA) is 23.8 Å². The van der Waals surface area contributed by atoms with Crippen molar-refractivity contribution in [2.24, 2.45) is 0 Å². The first-order valence-corrected chi connectivity index (χ1v) is 8.02. The van der Waals surface area contributed by atoms with E-state index in [0.717, 1.165) is 12.1 Å². The molecule has 24 heavy (non-hydrogen) atoms. The molecule has 2 aromatic rings. The van der Waals surface area contributed by atoms with Gasteiger partial charge in [-0.25, -0.2) is 13.2 Å². The Kier molecular flexibility index (Phi) is 5.59. The van der Waals surface area contributed by atoms with E-state index in [1.807, 2.05) is 13.8 Å². The molecule has 0 aliphatic rings. The number of benzene rings is 2. The number of hydrogen-bond acceptors (Lipinski definition) is 2. The summed E-state index contributed by atoms with van der Waals surface area (Å²) in [4.78, 5) is -0.354. The fraction of sp³-hybridized carbons (Fsp3) is 0.211. The molecule has 1 nitrogen and oxygen atoms in total. The number of nitrogens with zero attached hydrogens (tertiary/aromatic N) is 1. The average molecular weight is 345 g/mol. The monoisotopic (exact) mass is 345 g/mol. The maximum atomic E-state index is 14.3. The Balaban J connectivity index is 2.49. The van der Waals surface area contributed by atoms with E-state index in [0.29, 0.717) is 28.5 Å². The van der Waals surface area contributed by atoms with E-state index in [9.17, 15) is 13.2 Å². The first-order valence-electron chi connectivity index (χ1n) is 7.21. The van der Waals surface area contributed by atoms with E-state index in [-0.39, 0.29) is 22.2 Å². The summed E-state index contributed by atoms with van der Waals surface area (Å²) in [5.41, 5.74) is 1.63. The van der Waals surface area contributed by atoms with Crippen LogP contribution < -0.4 is 0 Å². The second-order valence-corrected chi connectivity index (χ2v) is 6.32. The van der Waals surface area contributed by atoms with Crippen molar-refractivity contribution in [3.63, 3.8) is 0 Å². The van der Waals surface area contributed by atoms with Gasteiger partial charge < -0.3 is 0 Å². The fourth-order valence-corrected chi connectivity index (χ4v) is 2.69. The number of halogens is 3. The summed E-state index contributed by atoms with van der Waals surface area (Å²) in [7, 11) is 0. The van der Waals surface area contributed by atoms with Crippen LogP contribution in [0.2, 0.25) is 0 Å². The van der Waals surface area contributed by atoms with Crippen molar-refractivity contribution in [1.82, 2.24) is 0 Å². The van der Waals surface area contributed by atoms with E-state index < -0.39 is 11.6 Å². The van der Waals surface area contributed by atoms with Crippen LogP contribution in [0.15, 0.2) is 29.2 Å². The lowest BCUT2D eigenvalue weighted by atomic mass is 9.94. The van der Waals surface area contributed by atoms with Crippen molar-refractivity contribution >= 4 is 11.8 Å². The molecule has 0 spiro atoms. The first-order chi connectivity index (χ1) is 11.3. The number of aryl methyl sites for hydroxylation is 1. The highest BCUT2D eigenvalue weighted by molar-refractivity contribution is 8.03. The molecule has 5 heteroatoms. The smallest absolute Gasteiger partial charge is 0.142 e. The number of nitriles is 1. The third kappa shape index (κ3) is 3.75. The van der Waals surface area contributed by atoms with Crippen molar-refractivity contribution < 1.29 is 13.2 Å². The minimum absolute atomic E-state index is 0.0722. The molecule has 0 aliphatic carbocycles. The molecule has 0 atom stereocenters. The average Bonchev–Trinajstić information content (AvgIpc) is 2.51. The molecule has 2 rings (SSSR count). The quantitative estimate of drug-likeness (QED) is 0.407. The van der Waals surface area contributed by atoms with Crippen molar-refractivity contribution in [2.45, 2.75) is 31.6 Å². The number of thiocyanates is 1. The highest BCUT2D eigenvalue weighted by Crippen LogP contribution is 2.26. The lowest BCUT2D eigenvalue weighted by molar-refractivity contribution is 0.540. The van der Waals surface area contributed by atoms with Crippen molar-refractivity contribution in [2.75, 3.05) is 0 Å². The molecular weight excluding hydrogens is 331 g/mol. The lowest BCUT2D eigenvalue weighted by Crippen LogP contribution is -2.00. The number of hydrogen-bond donors (Lipinski definition) is 0. The van der Waals surface area contributed by atoms with E-state index in [4.69, 9.17) is 5.26 Å². The first kappa shape index (κ1) is 18.0. The second kappa shape index (κ2) is 7.47. The van der Waals surface area contributed by atoms with Crippen LogP contribution in [0.1, 0.15) is 42.0 Å². The Morgan fingerprint density at radius 2 is 1.67 bits per heavy atom. The summed E-state index contributed by atoms with van der Waals surface area (Å²) in [6.07, 6.45) is 0. The van der Waals surface area contributed by atoms with Crippen molar-refractivity contribution in [1.29, 1.82) is 5.26 Å². The van der Waals surface area contributed by atoms with Gasteiger partial charge in [0.25, 0.3) is 0 Å². The second-order valence-electron chi connectivity index (χ2n) is 5.52. The van der Waals surface area contributed by atoms with E-state index >= 15 is 0 Å². The Labute approximate surface area is 143 Å². The van der Waals surface area contributed by atoms with Crippen molar-refractivity contribution in [3.05, 3.63) is 64.0 Å². The molecule has 0 saturated heterocycles. The Morgan fingerprint density at radius 1 is 1.04 bits per heavy atom. The molecule has 0 bridgehead atoms. The van der Waals surface area contributed by atoms with Crippen LogP contribution >= 0.6 is 11.8 Å². The number of rotatable bonds is 2. The molecule has 0 aliphatic heterocycles. The van der Waals surface area contributed by atoms with Gasteiger partial charge in [0.05, 0.1) is 4.90 Å². The highest BCUT2D eigenvalue weighted by atomic mass is 32.2. The molecule has 0 radical (unpaired) electrons. The molecule has 122 valence electrons. The molecule has 0 unspecified atom stereocenters. The van der Waals surface area contributed by atoms with Gasteiger partial charge in [0.2, 0.25) is 0 Å². The Bertz CT molecular complexity index is 863. The van der Waals surface area contributed by atoms with Crippen LogP contribution in [-0.2, 0) is 0 Å². The molecule has 0 saturated carbocycles. The fourth-order valence-electron chi connectivity index (χ4n) is 2.29. The van der Waals surface area contributed by atoms with Gasteiger partial charge in [-0.2, -0.15) is 5.26 Å². The third-order valence-electron chi connectivity index (χ3n) is 3.44. The standard InChI is InChI=1S/C19H14F3NS/c1-11(2)17-14(6-4-12(3)18(17)22)7-5-13-8-15(20)19(24-10-23)16(21)9-13/h4,6,8-9,11H,1-3H3. The van der Waals surface area contributed by atoms with Crippen LogP contribution in [-0.4, -0.2) is 0 Å². The Morgan fingerprint density at radius 3 is 2.21 bits per heavy atom. The predicted molar refractivity (Wildman–Crippen MR) is 89.0 cm³/mol. The van der Waals surface area contributed by atoms with Gasteiger partial charge in [0, 0.05) is 16.7 Å². The molecule has 0 heterocycles. The zero-order chi connectivity index (χ0) is 17.9. The largest absolute Gasteiger partial charge is 0.206 e. The highest BCUT2D eigenvalue weighted by Gasteiger charge is 2.14. The molecule has 0 fully saturated rings. The third-order valence-corrected chi connectivity index (χ3v) is 4.12. The molecule has 0 aromatic heterocycles. The maximum Gasteiger partial charge on any atom is 0.142 e.